The van der Waals surface area contributed by atoms with E-state index in [1.54, 1.807) is 15.8 Å². The molecule has 0 saturated carbocycles. The van der Waals surface area contributed by atoms with Gasteiger partial charge in [-0.15, -0.1) is 0 Å². The van der Waals surface area contributed by atoms with Crippen LogP contribution in [0.15, 0.2) is 12.7 Å². The molecule has 0 saturated heterocycles. The Morgan fingerprint density at radius 1 is 0.929 bits per heavy atom. The Hall–Kier alpha value is 0.283. The van der Waals surface area contributed by atoms with Gasteiger partial charge in [-0.1, -0.05) is 0 Å². The molecule has 0 atom stereocenters. The van der Waals surface area contributed by atoms with Crippen molar-refractivity contribution in [2.75, 3.05) is 0 Å². The molecule has 0 rings (SSSR count). The molecule has 84 valence electrons. The first-order valence-corrected chi connectivity index (χ1v) is 11.6. The van der Waals surface area contributed by atoms with Crippen molar-refractivity contribution >= 4 is 14.3 Å². The Bertz CT molecular complexity index is 112. The van der Waals surface area contributed by atoms with Crippen LogP contribution in [0.1, 0.15) is 52.4 Å². The van der Waals surface area contributed by atoms with Gasteiger partial charge in [-0.2, -0.15) is 0 Å². The van der Waals surface area contributed by atoms with Gasteiger partial charge in [0.1, 0.15) is 0 Å². The third-order valence-electron chi connectivity index (χ3n) is 2.95. The van der Waals surface area contributed by atoms with Crippen molar-refractivity contribution in [1.82, 2.24) is 0 Å². The summed E-state index contributed by atoms with van der Waals surface area (Å²) in [4.78, 5) is 0. The Kier molecular flexibility index (Phi) is 11.6. The van der Waals surface area contributed by atoms with Crippen molar-refractivity contribution in [3.05, 3.63) is 12.7 Å². The molecule has 0 aromatic rings. The molecule has 0 spiro atoms. The number of rotatable bonds is 10. The van der Waals surface area contributed by atoms with Gasteiger partial charge < -0.3 is 0 Å². The fourth-order valence-corrected chi connectivity index (χ4v) is 9.63. The molecule has 0 fully saturated rings. The molecule has 0 unspecified atom stereocenters. The van der Waals surface area contributed by atoms with E-state index in [4.69, 9.17) is 0 Å². The monoisotopic (exact) mass is 258 g/mol. The topological polar surface area (TPSA) is 0 Å². The molecule has 14 heavy (non-hydrogen) atoms. The summed E-state index contributed by atoms with van der Waals surface area (Å²) in [6.45, 7) is 8.45. The molecular formula is C13H28Ge. The van der Waals surface area contributed by atoms with E-state index in [9.17, 15) is 0 Å². The van der Waals surface area contributed by atoms with Gasteiger partial charge >= 0.3 is 95.1 Å². The van der Waals surface area contributed by atoms with Crippen molar-refractivity contribution in [2.24, 2.45) is 0 Å². The minimum absolute atomic E-state index is 0.819. The van der Waals surface area contributed by atoms with Crippen LogP contribution in [0.3, 0.4) is 0 Å². The maximum atomic E-state index is 3.80. The van der Waals surface area contributed by atoms with Crippen LogP contribution in [-0.2, 0) is 0 Å². The normalized spacial score (nSPS) is 10.8. The first-order chi connectivity index (χ1) is 6.85. The molecule has 0 N–H and O–H groups in total. The van der Waals surface area contributed by atoms with Gasteiger partial charge in [-0.05, 0) is 0 Å². The van der Waals surface area contributed by atoms with E-state index in [0.717, 1.165) is 0 Å². The van der Waals surface area contributed by atoms with E-state index < -0.39 is 14.3 Å². The van der Waals surface area contributed by atoms with E-state index in [-0.39, 0.29) is 0 Å². The standard InChI is InChI=1S/C13H28Ge/c1-4-7-10-13-14(11-8-5-2)12-9-6-3/h4,14H,1,5-13H2,2-3H3. The van der Waals surface area contributed by atoms with Crippen molar-refractivity contribution in [3.63, 3.8) is 0 Å². The van der Waals surface area contributed by atoms with Crippen molar-refractivity contribution < 1.29 is 0 Å². The molecule has 0 heterocycles. The summed E-state index contributed by atoms with van der Waals surface area (Å²) >= 11 is -0.819. The minimum atomic E-state index is -0.819. The fourth-order valence-electron chi connectivity index (χ4n) is 1.97. The second kappa shape index (κ2) is 11.4. The summed E-state index contributed by atoms with van der Waals surface area (Å²) in [7, 11) is 0. The SMILES string of the molecule is C=CCC[CH2][GeH]([CH2]CCC)[CH2]CCC. The van der Waals surface area contributed by atoms with E-state index in [2.05, 4.69) is 26.5 Å². The summed E-state index contributed by atoms with van der Waals surface area (Å²) in [5, 5.41) is 4.89. The first-order valence-electron chi connectivity index (χ1n) is 6.46. The van der Waals surface area contributed by atoms with E-state index >= 15 is 0 Å². The van der Waals surface area contributed by atoms with Crippen molar-refractivity contribution in [2.45, 2.75) is 68.1 Å². The van der Waals surface area contributed by atoms with Crippen LogP contribution in [0, 0.1) is 0 Å². The number of hydrogen-bond acceptors (Lipinski definition) is 0. The Balaban J connectivity index is 3.54. The van der Waals surface area contributed by atoms with E-state index in [1.807, 2.05) is 0 Å². The van der Waals surface area contributed by atoms with Gasteiger partial charge in [0, 0.05) is 0 Å². The van der Waals surface area contributed by atoms with Crippen LogP contribution in [0.2, 0.25) is 15.8 Å². The van der Waals surface area contributed by atoms with Gasteiger partial charge in [0.05, 0.1) is 0 Å². The molecule has 1 heteroatoms. The second-order valence-corrected chi connectivity index (χ2v) is 11.6. The molecular weight excluding hydrogens is 229 g/mol. The van der Waals surface area contributed by atoms with Crippen LogP contribution in [0.4, 0.5) is 0 Å². The molecule has 0 amide bonds. The predicted octanol–water partition coefficient (Wildman–Crippen LogP) is 4.78. The van der Waals surface area contributed by atoms with Crippen LogP contribution in [0.25, 0.3) is 0 Å². The zero-order valence-corrected chi connectivity index (χ0v) is 12.6. The van der Waals surface area contributed by atoms with Crippen LogP contribution in [0.5, 0.6) is 0 Å². The van der Waals surface area contributed by atoms with Crippen LogP contribution in [-0.4, -0.2) is 14.3 Å². The Labute approximate surface area is 95.3 Å². The average molecular weight is 257 g/mol. The molecule has 0 aliphatic rings. The molecule has 0 aromatic heterocycles. The zero-order chi connectivity index (χ0) is 10.6. The summed E-state index contributed by atoms with van der Waals surface area (Å²) in [6, 6.07) is 0. The van der Waals surface area contributed by atoms with Gasteiger partial charge in [0.15, 0.2) is 0 Å². The average Bonchev–Trinajstić information content (AvgIpc) is 2.21. The van der Waals surface area contributed by atoms with Gasteiger partial charge in [0.25, 0.3) is 0 Å². The van der Waals surface area contributed by atoms with E-state index in [1.165, 1.54) is 38.5 Å². The third kappa shape index (κ3) is 8.86. The van der Waals surface area contributed by atoms with Crippen molar-refractivity contribution in [1.29, 1.82) is 0 Å². The fraction of sp³-hybridized carbons (Fsp3) is 0.846. The molecule has 0 aromatic carbocycles. The van der Waals surface area contributed by atoms with Gasteiger partial charge in [-0.3, -0.25) is 0 Å². The molecule has 0 aliphatic carbocycles. The summed E-state index contributed by atoms with van der Waals surface area (Å²) < 4.78 is 0. The number of hydrogen-bond donors (Lipinski definition) is 0. The predicted molar refractivity (Wildman–Crippen MR) is 70.8 cm³/mol. The third-order valence-corrected chi connectivity index (χ3v) is 10.7. The first kappa shape index (κ1) is 14.3. The molecule has 0 nitrogen and oxygen atoms in total. The van der Waals surface area contributed by atoms with E-state index in [0.29, 0.717) is 0 Å². The molecule has 0 aliphatic heterocycles. The summed E-state index contributed by atoms with van der Waals surface area (Å²) in [5.41, 5.74) is 0. The number of unbranched alkanes of at least 4 members (excludes halogenated alkanes) is 3. The van der Waals surface area contributed by atoms with Gasteiger partial charge in [0.2, 0.25) is 0 Å². The summed E-state index contributed by atoms with van der Waals surface area (Å²) in [6.07, 6.45) is 10.6. The van der Waals surface area contributed by atoms with Crippen LogP contribution >= 0.6 is 0 Å². The van der Waals surface area contributed by atoms with Crippen molar-refractivity contribution in [3.8, 4) is 0 Å². The maximum absolute atomic E-state index is 3.80. The van der Waals surface area contributed by atoms with Crippen LogP contribution < -0.4 is 0 Å². The van der Waals surface area contributed by atoms with Gasteiger partial charge in [-0.25, -0.2) is 0 Å². The second-order valence-electron chi connectivity index (χ2n) is 4.37. The summed E-state index contributed by atoms with van der Waals surface area (Å²) in [5.74, 6) is 0. The Morgan fingerprint density at radius 3 is 1.86 bits per heavy atom. The molecule has 0 bridgehead atoms. The Morgan fingerprint density at radius 2 is 1.43 bits per heavy atom. The quantitative estimate of drug-likeness (QED) is 0.300. The molecule has 0 radical (unpaired) electrons. The zero-order valence-electron chi connectivity index (χ0n) is 10.2. The number of allylic oxidation sites excluding steroid dienone is 1.